The highest BCUT2D eigenvalue weighted by molar-refractivity contribution is 7.89. The third-order valence-corrected chi connectivity index (χ3v) is 6.45. The van der Waals surface area contributed by atoms with Crippen molar-refractivity contribution in [1.82, 2.24) is 4.98 Å². The number of nitrogens with two attached hydrogens (primary N) is 1. The van der Waals surface area contributed by atoms with E-state index in [1.165, 1.54) is 0 Å². The van der Waals surface area contributed by atoms with Crippen LogP contribution in [0.25, 0.3) is 10.8 Å². The van der Waals surface area contributed by atoms with E-state index in [1.807, 2.05) is 30.5 Å². The predicted octanol–water partition coefficient (Wildman–Crippen LogP) is 3.31. The second-order valence-electron chi connectivity index (χ2n) is 6.52. The van der Waals surface area contributed by atoms with E-state index < -0.39 is 10.0 Å². The van der Waals surface area contributed by atoms with Crippen molar-refractivity contribution in [2.75, 3.05) is 4.90 Å². The van der Waals surface area contributed by atoms with Gasteiger partial charge < -0.3 is 9.32 Å². The molecule has 0 aliphatic carbocycles. The van der Waals surface area contributed by atoms with Crippen LogP contribution in [0, 0.1) is 6.92 Å². The zero-order valence-electron chi connectivity index (χ0n) is 14.5. The van der Waals surface area contributed by atoms with Crippen LogP contribution in [0.4, 0.5) is 5.69 Å². The molecule has 4 rings (SSSR count). The molecular formula is C18H19N3O3S2. The largest absolute Gasteiger partial charge is 0.440 e. The molecule has 1 aromatic carbocycles. The molecule has 3 heterocycles. The lowest BCUT2D eigenvalue weighted by Gasteiger charge is -2.24. The maximum Gasteiger partial charge on any atom is 0.238 e. The highest BCUT2D eigenvalue weighted by Gasteiger charge is 2.28. The van der Waals surface area contributed by atoms with Crippen LogP contribution in [0.5, 0.6) is 0 Å². The normalized spacial score (nSPS) is 16.9. The summed E-state index contributed by atoms with van der Waals surface area (Å²) in [6, 6.07) is 9.26. The average molecular weight is 390 g/mol. The van der Waals surface area contributed by atoms with Gasteiger partial charge in [-0.25, -0.2) is 18.5 Å². The van der Waals surface area contributed by atoms with Crippen molar-refractivity contribution in [3.8, 4) is 10.8 Å². The Morgan fingerprint density at radius 2 is 2.19 bits per heavy atom. The Hall–Kier alpha value is -2.16. The molecule has 0 spiro atoms. The topological polar surface area (TPSA) is 89.4 Å². The summed E-state index contributed by atoms with van der Waals surface area (Å²) in [5.74, 6) is 1.44. The van der Waals surface area contributed by atoms with Gasteiger partial charge in [0.1, 0.15) is 11.5 Å². The number of aryl methyl sites for hydroxylation is 1. The lowest BCUT2D eigenvalue weighted by atomic mass is 10.1. The van der Waals surface area contributed by atoms with Gasteiger partial charge in [0.05, 0.1) is 16.3 Å². The van der Waals surface area contributed by atoms with Crippen molar-refractivity contribution in [3.05, 3.63) is 52.7 Å². The smallest absolute Gasteiger partial charge is 0.238 e. The van der Waals surface area contributed by atoms with Gasteiger partial charge in [-0.15, -0.1) is 11.3 Å². The first kappa shape index (κ1) is 17.3. The molecule has 1 aliphatic heterocycles. The van der Waals surface area contributed by atoms with Crippen LogP contribution in [-0.4, -0.2) is 19.4 Å². The van der Waals surface area contributed by atoms with E-state index in [-0.39, 0.29) is 10.9 Å². The monoisotopic (exact) mass is 389 g/mol. The molecule has 0 saturated heterocycles. The maximum atomic E-state index is 11.6. The Morgan fingerprint density at radius 1 is 1.38 bits per heavy atom. The fourth-order valence-corrected chi connectivity index (χ4v) is 4.54. The summed E-state index contributed by atoms with van der Waals surface area (Å²) in [6.07, 6.45) is 0.771. The molecule has 2 N–H and O–H groups in total. The van der Waals surface area contributed by atoms with Gasteiger partial charge in [-0.2, -0.15) is 0 Å². The van der Waals surface area contributed by atoms with Crippen LogP contribution in [0.15, 0.2) is 45.0 Å². The molecule has 2 aromatic heterocycles. The minimum Gasteiger partial charge on any atom is -0.440 e. The Balaban J connectivity index is 1.64. The number of fused-ring (bicyclic) bond motifs is 1. The minimum absolute atomic E-state index is 0.155. The summed E-state index contributed by atoms with van der Waals surface area (Å²) in [5, 5.41) is 7.25. The molecule has 1 atom stereocenters. The van der Waals surface area contributed by atoms with Gasteiger partial charge in [0.25, 0.3) is 0 Å². The van der Waals surface area contributed by atoms with Crippen molar-refractivity contribution >= 4 is 27.0 Å². The molecule has 1 aliphatic rings. The van der Waals surface area contributed by atoms with Crippen LogP contribution in [0.2, 0.25) is 0 Å². The summed E-state index contributed by atoms with van der Waals surface area (Å²) in [6.45, 7) is 4.65. The minimum atomic E-state index is -3.69. The first-order chi connectivity index (χ1) is 12.3. The van der Waals surface area contributed by atoms with Crippen LogP contribution >= 0.6 is 11.3 Å². The van der Waals surface area contributed by atoms with E-state index in [9.17, 15) is 8.42 Å². The summed E-state index contributed by atoms with van der Waals surface area (Å²) in [4.78, 5) is 8.06. The number of aromatic nitrogens is 1. The van der Waals surface area contributed by atoms with E-state index in [2.05, 4.69) is 16.8 Å². The highest BCUT2D eigenvalue weighted by atomic mass is 32.2. The average Bonchev–Trinajstić information content (AvgIpc) is 3.27. The number of sulfonamides is 1. The molecular weight excluding hydrogens is 370 g/mol. The molecule has 6 nitrogen and oxygen atoms in total. The lowest BCUT2D eigenvalue weighted by molar-refractivity contribution is 0.539. The molecule has 0 radical (unpaired) electrons. The van der Waals surface area contributed by atoms with Crippen LogP contribution in [0.3, 0.4) is 0 Å². The van der Waals surface area contributed by atoms with Crippen molar-refractivity contribution in [3.63, 3.8) is 0 Å². The number of anilines is 1. The van der Waals surface area contributed by atoms with Gasteiger partial charge in [-0.3, -0.25) is 0 Å². The Kier molecular flexibility index (Phi) is 4.13. The molecule has 0 amide bonds. The molecule has 0 bridgehead atoms. The number of primary sulfonamides is 1. The summed E-state index contributed by atoms with van der Waals surface area (Å²) in [7, 11) is -3.69. The zero-order valence-corrected chi connectivity index (χ0v) is 16.1. The highest BCUT2D eigenvalue weighted by Crippen LogP contribution is 2.35. The molecule has 3 aromatic rings. The van der Waals surface area contributed by atoms with Gasteiger partial charge in [0.15, 0.2) is 0 Å². The molecule has 1 unspecified atom stereocenters. The van der Waals surface area contributed by atoms with Gasteiger partial charge in [-0.05, 0) is 55.5 Å². The number of oxazole rings is 1. The summed E-state index contributed by atoms with van der Waals surface area (Å²) in [5.41, 5.74) is 2.90. The number of thiophene rings is 1. The van der Waals surface area contributed by atoms with Crippen LogP contribution in [0.1, 0.15) is 23.9 Å². The maximum absolute atomic E-state index is 11.6. The first-order valence-corrected chi connectivity index (χ1v) is 10.7. The first-order valence-electron chi connectivity index (χ1n) is 8.25. The Morgan fingerprint density at radius 3 is 2.88 bits per heavy atom. The second-order valence-corrected chi connectivity index (χ2v) is 9.02. The number of nitrogens with zero attached hydrogens (tertiary/aromatic N) is 2. The number of benzene rings is 1. The zero-order chi connectivity index (χ0) is 18.5. The van der Waals surface area contributed by atoms with Gasteiger partial charge in [0, 0.05) is 11.7 Å². The molecule has 26 heavy (non-hydrogen) atoms. The van der Waals surface area contributed by atoms with E-state index >= 15 is 0 Å². The Bertz CT molecular complexity index is 1060. The SMILES string of the molecule is Cc1oc(-c2cccs2)nc1CN1c2ccc(S(N)(=O)=O)cc2CC1C. The standard InChI is InChI=1S/C18H19N3O3S2/c1-11-8-13-9-14(26(19,22)23)5-6-16(13)21(11)10-15-12(2)24-18(20-15)17-4-3-7-25-17/h3-7,9,11H,8,10H2,1-2H3,(H2,19,22,23). The second kappa shape index (κ2) is 6.22. The van der Waals surface area contributed by atoms with Gasteiger partial charge in [-0.1, -0.05) is 6.07 Å². The Labute approximate surface area is 156 Å². The fraction of sp³-hybridized carbons (Fsp3) is 0.278. The van der Waals surface area contributed by atoms with Crippen molar-refractivity contribution in [1.29, 1.82) is 0 Å². The third-order valence-electron chi connectivity index (χ3n) is 4.68. The number of hydrogen-bond donors (Lipinski definition) is 1. The van der Waals surface area contributed by atoms with E-state index in [4.69, 9.17) is 9.56 Å². The van der Waals surface area contributed by atoms with Crippen LogP contribution in [-0.2, 0) is 23.0 Å². The third kappa shape index (κ3) is 3.04. The summed E-state index contributed by atoms with van der Waals surface area (Å²) < 4.78 is 29.0. The molecule has 0 saturated carbocycles. The van der Waals surface area contributed by atoms with Gasteiger partial charge in [0.2, 0.25) is 15.9 Å². The molecule has 8 heteroatoms. The quantitative estimate of drug-likeness (QED) is 0.739. The molecule has 136 valence electrons. The van der Waals surface area contributed by atoms with E-state index in [0.29, 0.717) is 12.4 Å². The fourth-order valence-electron chi connectivity index (χ4n) is 3.33. The lowest BCUT2D eigenvalue weighted by Crippen LogP contribution is -2.29. The van der Waals surface area contributed by atoms with Crippen molar-refractivity contribution in [2.24, 2.45) is 5.14 Å². The van der Waals surface area contributed by atoms with E-state index in [1.54, 1.807) is 23.5 Å². The number of hydrogen-bond acceptors (Lipinski definition) is 6. The van der Waals surface area contributed by atoms with E-state index in [0.717, 1.165) is 34.0 Å². The van der Waals surface area contributed by atoms with Crippen molar-refractivity contribution < 1.29 is 12.8 Å². The molecule has 0 fully saturated rings. The predicted molar refractivity (Wildman–Crippen MR) is 102 cm³/mol. The van der Waals surface area contributed by atoms with Crippen molar-refractivity contribution in [2.45, 2.75) is 37.8 Å². The number of rotatable bonds is 4. The summed E-state index contributed by atoms with van der Waals surface area (Å²) >= 11 is 1.60. The van der Waals surface area contributed by atoms with Crippen LogP contribution < -0.4 is 10.0 Å². The van der Waals surface area contributed by atoms with Gasteiger partial charge >= 0.3 is 0 Å².